The lowest BCUT2D eigenvalue weighted by atomic mass is 10.1. The molecule has 112 valence electrons. The first-order valence-electron chi connectivity index (χ1n) is 7.09. The minimum atomic E-state index is 0.412. The average molecular weight is 286 g/mol. The molecule has 21 heavy (non-hydrogen) atoms. The number of anilines is 1. The number of aryl methyl sites for hydroxylation is 2. The maximum absolute atomic E-state index is 5.87. The highest BCUT2D eigenvalue weighted by Crippen LogP contribution is 2.27. The molecule has 4 heteroatoms. The molecule has 1 aromatic carbocycles. The van der Waals surface area contributed by atoms with Crippen molar-refractivity contribution in [1.82, 2.24) is 4.98 Å². The Bertz CT molecular complexity index is 604. The van der Waals surface area contributed by atoms with Gasteiger partial charge in [-0.1, -0.05) is 19.9 Å². The molecule has 0 aliphatic heterocycles. The van der Waals surface area contributed by atoms with Gasteiger partial charge in [0, 0.05) is 6.07 Å². The first kappa shape index (κ1) is 15.2. The van der Waals surface area contributed by atoms with Crippen LogP contribution in [-0.2, 0) is 0 Å². The molecule has 2 aromatic rings. The van der Waals surface area contributed by atoms with Crippen molar-refractivity contribution in [3.05, 3.63) is 41.5 Å². The molecule has 0 bridgehead atoms. The number of nitrogen functional groups attached to an aromatic ring is 1. The van der Waals surface area contributed by atoms with Crippen LogP contribution in [-0.4, -0.2) is 11.6 Å². The lowest BCUT2D eigenvalue weighted by molar-refractivity contribution is 0.260. The van der Waals surface area contributed by atoms with Gasteiger partial charge in [0.05, 0.1) is 12.3 Å². The summed E-state index contributed by atoms with van der Waals surface area (Å²) in [5.74, 6) is 2.08. The molecule has 0 saturated carbocycles. The Morgan fingerprint density at radius 1 is 1.10 bits per heavy atom. The summed E-state index contributed by atoms with van der Waals surface area (Å²) in [5, 5.41) is 0. The van der Waals surface area contributed by atoms with E-state index in [1.54, 1.807) is 12.1 Å². The number of hydrogen-bond donors (Lipinski definition) is 1. The number of hydrogen-bond acceptors (Lipinski definition) is 4. The molecule has 0 radical (unpaired) electrons. The second kappa shape index (κ2) is 6.48. The van der Waals surface area contributed by atoms with E-state index in [0.717, 1.165) is 16.9 Å². The largest absolute Gasteiger partial charge is 0.476 e. The summed E-state index contributed by atoms with van der Waals surface area (Å²) >= 11 is 0. The zero-order chi connectivity index (χ0) is 15.4. The van der Waals surface area contributed by atoms with Gasteiger partial charge >= 0.3 is 0 Å². The van der Waals surface area contributed by atoms with Crippen molar-refractivity contribution in [2.75, 3.05) is 12.3 Å². The van der Waals surface area contributed by atoms with E-state index >= 15 is 0 Å². The summed E-state index contributed by atoms with van der Waals surface area (Å²) in [6.07, 6.45) is 0. The molecule has 4 nitrogen and oxygen atoms in total. The Labute approximate surface area is 125 Å². The maximum Gasteiger partial charge on any atom is 0.240 e. The predicted molar refractivity (Wildman–Crippen MR) is 85.0 cm³/mol. The van der Waals surface area contributed by atoms with Crippen LogP contribution in [0.2, 0.25) is 0 Å². The van der Waals surface area contributed by atoms with Crippen molar-refractivity contribution in [3.8, 4) is 17.5 Å². The van der Waals surface area contributed by atoms with Gasteiger partial charge < -0.3 is 15.2 Å². The summed E-state index contributed by atoms with van der Waals surface area (Å²) in [7, 11) is 0. The number of nitrogens with two attached hydrogens (primary N) is 1. The Balaban J connectivity index is 2.18. The van der Waals surface area contributed by atoms with Gasteiger partial charge in [0.2, 0.25) is 11.8 Å². The van der Waals surface area contributed by atoms with Crippen LogP contribution in [0.5, 0.6) is 17.5 Å². The smallest absolute Gasteiger partial charge is 0.240 e. The fourth-order valence-electron chi connectivity index (χ4n) is 1.96. The van der Waals surface area contributed by atoms with E-state index in [2.05, 4.69) is 24.9 Å². The van der Waals surface area contributed by atoms with Gasteiger partial charge in [-0.3, -0.25) is 0 Å². The van der Waals surface area contributed by atoms with Crippen LogP contribution in [0.3, 0.4) is 0 Å². The molecule has 1 heterocycles. The van der Waals surface area contributed by atoms with Crippen molar-refractivity contribution in [2.45, 2.75) is 27.7 Å². The van der Waals surface area contributed by atoms with Crippen LogP contribution < -0.4 is 15.2 Å². The molecular weight excluding hydrogens is 264 g/mol. The molecular formula is C17H22N2O2. The molecule has 0 unspecified atom stereocenters. The Morgan fingerprint density at radius 3 is 2.38 bits per heavy atom. The van der Waals surface area contributed by atoms with E-state index in [1.165, 1.54) is 0 Å². The zero-order valence-electron chi connectivity index (χ0n) is 13.0. The van der Waals surface area contributed by atoms with Crippen LogP contribution >= 0.6 is 0 Å². The van der Waals surface area contributed by atoms with E-state index in [0.29, 0.717) is 30.0 Å². The highest BCUT2D eigenvalue weighted by Gasteiger charge is 2.08. The second-order valence-electron chi connectivity index (χ2n) is 5.67. The third kappa shape index (κ3) is 4.38. The summed E-state index contributed by atoms with van der Waals surface area (Å²) in [4.78, 5) is 4.33. The SMILES string of the molecule is Cc1cc(C)cc(Oc2ccc(N)c(OCC(C)C)n2)c1. The van der Waals surface area contributed by atoms with Crippen LogP contribution in [0.25, 0.3) is 0 Å². The minimum absolute atomic E-state index is 0.412. The average Bonchev–Trinajstić information content (AvgIpc) is 2.38. The zero-order valence-corrected chi connectivity index (χ0v) is 13.0. The van der Waals surface area contributed by atoms with Crippen molar-refractivity contribution in [1.29, 1.82) is 0 Å². The molecule has 0 saturated heterocycles. The van der Waals surface area contributed by atoms with Crippen LogP contribution in [0.1, 0.15) is 25.0 Å². The number of rotatable bonds is 5. The summed E-state index contributed by atoms with van der Waals surface area (Å²) in [6.45, 7) is 8.79. The van der Waals surface area contributed by atoms with Gasteiger partial charge in [-0.15, -0.1) is 0 Å². The quantitative estimate of drug-likeness (QED) is 0.898. The molecule has 2 N–H and O–H groups in total. The summed E-state index contributed by atoms with van der Waals surface area (Å²) < 4.78 is 11.4. The van der Waals surface area contributed by atoms with Crippen molar-refractivity contribution in [2.24, 2.45) is 5.92 Å². The van der Waals surface area contributed by atoms with Crippen molar-refractivity contribution in [3.63, 3.8) is 0 Å². The molecule has 2 rings (SSSR count). The number of ether oxygens (including phenoxy) is 2. The highest BCUT2D eigenvalue weighted by molar-refractivity contribution is 5.50. The first-order chi connectivity index (χ1) is 9.94. The van der Waals surface area contributed by atoms with Crippen molar-refractivity contribution >= 4 is 5.69 Å². The molecule has 0 atom stereocenters. The highest BCUT2D eigenvalue weighted by atomic mass is 16.5. The van der Waals surface area contributed by atoms with Gasteiger partial charge in [0.1, 0.15) is 5.75 Å². The molecule has 0 amide bonds. The van der Waals surface area contributed by atoms with Crippen molar-refractivity contribution < 1.29 is 9.47 Å². The van der Waals surface area contributed by atoms with Crippen LogP contribution in [0.15, 0.2) is 30.3 Å². The van der Waals surface area contributed by atoms with Crippen LogP contribution in [0.4, 0.5) is 5.69 Å². The first-order valence-corrected chi connectivity index (χ1v) is 7.09. The maximum atomic E-state index is 5.87. The van der Waals surface area contributed by atoms with Gasteiger partial charge in [0.15, 0.2) is 0 Å². The van der Waals surface area contributed by atoms with E-state index < -0.39 is 0 Å². The van der Waals surface area contributed by atoms with Crippen LogP contribution in [0, 0.1) is 19.8 Å². The van der Waals surface area contributed by atoms with E-state index in [1.807, 2.05) is 26.0 Å². The number of benzene rings is 1. The van der Waals surface area contributed by atoms with E-state index in [9.17, 15) is 0 Å². The Hall–Kier alpha value is -2.23. The normalized spacial score (nSPS) is 10.7. The number of pyridine rings is 1. The molecule has 0 fully saturated rings. The molecule has 1 aromatic heterocycles. The predicted octanol–water partition coefficient (Wildman–Crippen LogP) is 4.11. The summed E-state index contributed by atoms with van der Waals surface area (Å²) in [6, 6.07) is 9.54. The molecule has 0 aliphatic rings. The molecule has 0 aliphatic carbocycles. The topological polar surface area (TPSA) is 57.4 Å². The minimum Gasteiger partial charge on any atom is -0.476 e. The van der Waals surface area contributed by atoms with Gasteiger partial charge in [-0.2, -0.15) is 4.98 Å². The van der Waals surface area contributed by atoms with Gasteiger partial charge in [0.25, 0.3) is 0 Å². The lowest BCUT2D eigenvalue weighted by Gasteiger charge is -2.12. The Kier molecular flexibility index (Phi) is 4.68. The number of aromatic nitrogens is 1. The van der Waals surface area contributed by atoms with Gasteiger partial charge in [-0.25, -0.2) is 0 Å². The van der Waals surface area contributed by atoms with Gasteiger partial charge in [-0.05, 0) is 49.1 Å². The Morgan fingerprint density at radius 2 is 1.76 bits per heavy atom. The van der Waals surface area contributed by atoms with E-state index in [4.69, 9.17) is 15.2 Å². The third-order valence-corrected chi connectivity index (χ3v) is 2.84. The lowest BCUT2D eigenvalue weighted by Crippen LogP contribution is -2.07. The third-order valence-electron chi connectivity index (χ3n) is 2.84. The van der Waals surface area contributed by atoms with E-state index in [-0.39, 0.29) is 0 Å². The second-order valence-corrected chi connectivity index (χ2v) is 5.67. The molecule has 0 spiro atoms. The standard InChI is InChI=1S/C17H22N2O2/c1-11(2)10-20-17-15(18)5-6-16(19-17)21-14-8-12(3)7-13(4)9-14/h5-9,11H,10,18H2,1-4H3. The fraction of sp³-hybridized carbons (Fsp3) is 0.353. The fourth-order valence-corrected chi connectivity index (χ4v) is 1.96. The number of nitrogens with zero attached hydrogens (tertiary/aromatic N) is 1. The monoisotopic (exact) mass is 286 g/mol. The summed E-state index contributed by atoms with van der Waals surface area (Å²) in [5.41, 5.74) is 8.69.